The first-order valence-electron chi connectivity index (χ1n) is 7.05. The lowest BCUT2D eigenvalue weighted by Crippen LogP contribution is -2.36. The van der Waals surface area contributed by atoms with Gasteiger partial charge in [0.15, 0.2) is 5.78 Å². The highest BCUT2D eigenvalue weighted by Gasteiger charge is 2.23. The van der Waals surface area contributed by atoms with Gasteiger partial charge in [0.05, 0.1) is 5.88 Å². The minimum Gasteiger partial charge on any atom is -0.312 e. The van der Waals surface area contributed by atoms with E-state index in [2.05, 4.69) is 0 Å². The first kappa shape index (κ1) is 15.0. The van der Waals surface area contributed by atoms with Crippen LogP contribution < -0.4 is 4.90 Å². The number of carbonyl (C=O) groups is 2. The number of halogens is 1. The number of amides is 1. The lowest BCUT2D eigenvalue weighted by Gasteiger charge is -2.30. The molecule has 1 aromatic carbocycles. The molecule has 0 atom stereocenters. The maximum Gasteiger partial charge on any atom is 0.227 e. The Hall–Kier alpha value is -1.35. The molecule has 1 aliphatic heterocycles. The van der Waals surface area contributed by atoms with Crippen molar-refractivity contribution in [2.45, 2.75) is 33.1 Å². The number of fused-ring (bicyclic) bond motifs is 1. The monoisotopic (exact) mass is 293 g/mol. The lowest BCUT2D eigenvalue weighted by molar-refractivity contribution is -0.119. The number of Topliss-reactive ketones (excluding diaryl/α,β-unsaturated/α-hetero) is 1. The summed E-state index contributed by atoms with van der Waals surface area (Å²) in [4.78, 5) is 25.8. The van der Waals surface area contributed by atoms with E-state index in [1.165, 1.54) is 0 Å². The Bertz CT molecular complexity index is 525. The van der Waals surface area contributed by atoms with Gasteiger partial charge in [0.1, 0.15) is 0 Å². The molecule has 0 bridgehead atoms. The fourth-order valence-corrected chi connectivity index (χ4v) is 2.72. The lowest BCUT2D eigenvalue weighted by atomic mass is 9.97. The van der Waals surface area contributed by atoms with Crippen molar-refractivity contribution in [1.29, 1.82) is 0 Å². The van der Waals surface area contributed by atoms with Gasteiger partial charge in [0, 0.05) is 24.2 Å². The zero-order valence-corrected chi connectivity index (χ0v) is 12.7. The second-order valence-corrected chi connectivity index (χ2v) is 5.91. The number of alkyl halides is 1. The van der Waals surface area contributed by atoms with Crippen molar-refractivity contribution in [1.82, 2.24) is 0 Å². The van der Waals surface area contributed by atoms with Crippen molar-refractivity contribution in [2.24, 2.45) is 5.92 Å². The molecule has 0 N–H and O–H groups in total. The Morgan fingerprint density at radius 3 is 2.75 bits per heavy atom. The number of hydrogen-bond acceptors (Lipinski definition) is 2. The molecule has 4 heteroatoms. The number of benzene rings is 1. The molecule has 3 nitrogen and oxygen atoms in total. The highest BCUT2D eigenvalue weighted by Crippen LogP contribution is 2.29. The van der Waals surface area contributed by atoms with Crippen molar-refractivity contribution < 1.29 is 9.59 Å². The van der Waals surface area contributed by atoms with Crippen LogP contribution in [0.2, 0.25) is 0 Å². The summed E-state index contributed by atoms with van der Waals surface area (Å²) in [6, 6.07) is 5.53. The molecule has 0 aliphatic carbocycles. The number of nitrogens with zero attached hydrogens (tertiary/aromatic N) is 1. The van der Waals surface area contributed by atoms with Gasteiger partial charge < -0.3 is 4.90 Å². The average Bonchev–Trinajstić information content (AvgIpc) is 2.44. The molecule has 0 aromatic heterocycles. The van der Waals surface area contributed by atoms with E-state index < -0.39 is 0 Å². The number of carbonyl (C=O) groups excluding carboxylic acids is 2. The van der Waals surface area contributed by atoms with Gasteiger partial charge in [-0.05, 0) is 42.5 Å². The summed E-state index contributed by atoms with van der Waals surface area (Å²) in [5.41, 5.74) is 2.66. The summed E-state index contributed by atoms with van der Waals surface area (Å²) >= 11 is 5.59. The van der Waals surface area contributed by atoms with E-state index >= 15 is 0 Å². The third-order valence-electron chi connectivity index (χ3n) is 3.53. The molecule has 0 saturated carbocycles. The largest absolute Gasteiger partial charge is 0.312 e. The van der Waals surface area contributed by atoms with Crippen LogP contribution in [-0.2, 0) is 11.2 Å². The Balaban J connectivity index is 2.28. The van der Waals surface area contributed by atoms with E-state index in [-0.39, 0.29) is 17.6 Å². The molecular weight excluding hydrogens is 274 g/mol. The van der Waals surface area contributed by atoms with Gasteiger partial charge in [0.25, 0.3) is 0 Å². The van der Waals surface area contributed by atoms with E-state index in [4.69, 9.17) is 11.6 Å². The van der Waals surface area contributed by atoms with Gasteiger partial charge in [-0.25, -0.2) is 0 Å². The molecule has 1 aromatic rings. The van der Waals surface area contributed by atoms with Crippen LogP contribution in [0.1, 0.15) is 42.6 Å². The fraction of sp³-hybridized carbons (Fsp3) is 0.500. The first-order valence-corrected chi connectivity index (χ1v) is 7.59. The van der Waals surface area contributed by atoms with E-state index in [0.29, 0.717) is 17.9 Å². The van der Waals surface area contributed by atoms with E-state index in [9.17, 15) is 9.59 Å². The van der Waals surface area contributed by atoms with Gasteiger partial charge in [-0.2, -0.15) is 0 Å². The molecule has 1 amide bonds. The Labute approximate surface area is 124 Å². The van der Waals surface area contributed by atoms with Gasteiger partial charge in [-0.15, -0.1) is 11.6 Å². The molecule has 0 unspecified atom stereocenters. The summed E-state index contributed by atoms with van der Waals surface area (Å²) in [7, 11) is 0. The molecule has 0 spiro atoms. The topological polar surface area (TPSA) is 37.4 Å². The van der Waals surface area contributed by atoms with Crippen molar-refractivity contribution in [3.05, 3.63) is 29.3 Å². The SMILES string of the molecule is CC(C)CC(=O)N1CCCc2cc(C(=O)CCl)ccc21. The van der Waals surface area contributed by atoms with Crippen LogP contribution in [0, 0.1) is 5.92 Å². The van der Waals surface area contributed by atoms with Crippen molar-refractivity contribution >= 4 is 29.0 Å². The Morgan fingerprint density at radius 2 is 2.10 bits per heavy atom. The molecule has 0 radical (unpaired) electrons. The van der Waals surface area contributed by atoms with Crippen molar-refractivity contribution in [2.75, 3.05) is 17.3 Å². The van der Waals surface area contributed by atoms with Crippen LogP contribution >= 0.6 is 11.6 Å². The first-order chi connectivity index (χ1) is 9.52. The molecule has 1 heterocycles. The summed E-state index contributed by atoms with van der Waals surface area (Å²) in [5, 5.41) is 0. The Kier molecular flexibility index (Phi) is 4.81. The van der Waals surface area contributed by atoms with Crippen molar-refractivity contribution in [3.8, 4) is 0 Å². The molecular formula is C16H20ClNO2. The average molecular weight is 294 g/mol. The van der Waals surface area contributed by atoms with Gasteiger partial charge in [-0.3, -0.25) is 9.59 Å². The number of aryl methyl sites for hydroxylation is 1. The van der Waals surface area contributed by atoms with Crippen LogP contribution in [-0.4, -0.2) is 24.1 Å². The van der Waals surface area contributed by atoms with Crippen molar-refractivity contribution in [3.63, 3.8) is 0 Å². The zero-order valence-electron chi connectivity index (χ0n) is 12.0. The van der Waals surface area contributed by atoms with Crippen LogP contribution in [0.3, 0.4) is 0 Å². The minimum atomic E-state index is -0.0694. The summed E-state index contributed by atoms with van der Waals surface area (Å²) < 4.78 is 0. The van der Waals surface area contributed by atoms with Gasteiger partial charge >= 0.3 is 0 Å². The zero-order chi connectivity index (χ0) is 14.7. The smallest absolute Gasteiger partial charge is 0.227 e. The van der Waals surface area contributed by atoms with Crippen LogP contribution in [0.4, 0.5) is 5.69 Å². The van der Waals surface area contributed by atoms with E-state index in [1.54, 1.807) is 6.07 Å². The quantitative estimate of drug-likeness (QED) is 0.630. The number of anilines is 1. The summed E-state index contributed by atoms with van der Waals surface area (Å²) in [6.07, 6.45) is 2.40. The fourth-order valence-electron chi connectivity index (χ4n) is 2.57. The standard InChI is InChI=1S/C16H20ClNO2/c1-11(2)8-16(20)18-7-3-4-12-9-13(15(19)10-17)5-6-14(12)18/h5-6,9,11H,3-4,7-8,10H2,1-2H3. The molecule has 0 fully saturated rings. The maximum absolute atomic E-state index is 12.3. The summed E-state index contributed by atoms with van der Waals surface area (Å²) in [6.45, 7) is 4.86. The van der Waals surface area contributed by atoms with Crippen LogP contribution in [0.25, 0.3) is 0 Å². The minimum absolute atomic E-state index is 0.00518. The predicted octanol–water partition coefficient (Wildman–Crippen LogP) is 3.43. The number of hydrogen-bond donors (Lipinski definition) is 0. The highest BCUT2D eigenvalue weighted by atomic mass is 35.5. The number of ketones is 1. The van der Waals surface area contributed by atoms with Gasteiger partial charge in [-0.1, -0.05) is 13.8 Å². The third kappa shape index (κ3) is 3.21. The maximum atomic E-state index is 12.3. The summed E-state index contributed by atoms with van der Waals surface area (Å²) in [5.74, 6) is 0.442. The van der Waals surface area contributed by atoms with E-state index in [0.717, 1.165) is 30.6 Å². The third-order valence-corrected chi connectivity index (χ3v) is 3.77. The molecule has 1 aliphatic rings. The second-order valence-electron chi connectivity index (χ2n) is 5.65. The van der Waals surface area contributed by atoms with E-state index in [1.807, 2.05) is 30.9 Å². The number of rotatable bonds is 4. The van der Waals surface area contributed by atoms with Gasteiger partial charge in [0.2, 0.25) is 5.91 Å². The molecule has 20 heavy (non-hydrogen) atoms. The highest BCUT2D eigenvalue weighted by molar-refractivity contribution is 6.30. The van der Waals surface area contributed by atoms with Crippen LogP contribution in [0.5, 0.6) is 0 Å². The molecule has 0 saturated heterocycles. The normalized spacial score (nSPS) is 14.3. The Morgan fingerprint density at radius 1 is 1.35 bits per heavy atom. The molecule has 2 rings (SSSR count). The predicted molar refractivity (Wildman–Crippen MR) is 81.6 cm³/mol. The van der Waals surface area contributed by atoms with Crippen LogP contribution in [0.15, 0.2) is 18.2 Å². The second kappa shape index (κ2) is 6.40. The molecule has 108 valence electrons.